The predicted molar refractivity (Wildman–Crippen MR) is 90.2 cm³/mol. The highest BCUT2D eigenvalue weighted by atomic mass is 16.5. The van der Waals surface area contributed by atoms with E-state index in [1.807, 2.05) is 29.2 Å². The second kappa shape index (κ2) is 6.90. The number of anilines is 2. The molecule has 0 atom stereocenters. The normalized spacial score (nSPS) is 14.7. The molecule has 4 N–H and O–H groups in total. The molecule has 0 spiro atoms. The van der Waals surface area contributed by atoms with E-state index in [2.05, 4.69) is 5.10 Å². The molecule has 1 aromatic heterocycles. The Morgan fingerprint density at radius 1 is 1.29 bits per heavy atom. The molecule has 3 rings (SSSR count). The first kappa shape index (κ1) is 16.3. The van der Waals surface area contributed by atoms with Crippen molar-refractivity contribution in [3.63, 3.8) is 0 Å². The highest BCUT2D eigenvalue weighted by Crippen LogP contribution is 2.29. The van der Waals surface area contributed by atoms with Crippen LogP contribution in [0.4, 0.5) is 11.5 Å². The smallest absolute Gasteiger partial charge is 0.359 e. The van der Waals surface area contributed by atoms with E-state index in [-0.39, 0.29) is 5.69 Å². The number of nitrogens with two attached hydrogens (primary N) is 2. The summed E-state index contributed by atoms with van der Waals surface area (Å²) in [5, 5.41) is 4.56. The number of nitrogens with zero attached hydrogens (tertiary/aromatic N) is 3. The van der Waals surface area contributed by atoms with Gasteiger partial charge in [-0.25, -0.2) is 9.48 Å². The van der Waals surface area contributed by atoms with Gasteiger partial charge in [0.2, 0.25) is 0 Å². The zero-order chi connectivity index (χ0) is 17.1. The fourth-order valence-corrected chi connectivity index (χ4v) is 2.68. The number of rotatable bonds is 4. The minimum Gasteiger partial charge on any atom is -0.464 e. The highest BCUT2D eigenvalue weighted by Gasteiger charge is 2.27. The topological polar surface area (TPSA) is 109 Å². The first-order valence-electron chi connectivity index (χ1n) is 7.74. The lowest BCUT2D eigenvalue weighted by Gasteiger charge is -2.27. The Bertz CT molecular complexity index is 720. The van der Waals surface area contributed by atoms with Crippen molar-refractivity contribution in [3.8, 4) is 5.69 Å². The predicted octanol–water partition coefficient (Wildman–Crippen LogP) is 0.536. The van der Waals surface area contributed by atoms with Gasteiger partial charge in [0.05, 0.1) is 26.0 Å². The Labute approximate surface area is 139 Å². The maximum Gasteiger partial charge on any atom is 0.359 e. The molecule has 1 aromatic carbocycles. The Morgan fingerprint density at radius 3 is 2.54 bits per heavy atom. The van der Waals surface area contributed by atoms with E-state index >= 15 is 0 Å². The molecule has 1 saturated heterocycles. The number of methoxy groups -OCH3 is 1. The summed E-state index contributed by atoms with van der Waals surface area (Å²) in [6.45, 7) is 3.00. The van der Waals surface area contributed by atoms with Crippen molar-refractivity contribution in [1.29, 1.82) is 0 Å². The van der Waals surface area contributed by atoms with Crippen molar-refractivity contribution < 1.29 is 14.3 Å². The molecule has 0 aliphatic carbocycles. The minimum atomic E-state index is -0.526. The van der Waals surface area contributed by atoms with Crippen LogP contribution in [-0.4, -0.2) is 49.2 Å². The number of hydrogen-bond donors (Lipinski definition) is 2. The third-order valence-electron chi connectivity index (χ3n) is 4.01. The van der Waals surface area contributed by atoms with Crippen LogP contribution in [0.3, 0.4) is 0 Å². The number of nitrogen functional groups attached to an aromatic ring is 1. The molecule has 0 unspecified atom stereocenters. The first-order valence-corrected chi connectivity index (χ1v) is 7.74. The SMILES string of the molecule is COC(=O)c1c(N)c(N2CCOCC2)nn1-c1ccc(CN)cc1. The number of aromatic nitrogens is 2. The lowest BCUT2D eigenvalue weighted by atomic mass is 10.2. The average molecular weight is 331 g/mol. The molecule has 2 heterocycles. The van der Waals surface area contributed by atoms with Crippen LogP contribution in [0.1, 0.15) is 16.1 Å². The van der Waals surface area contributed by atoms with Gasteiger partial charge in [-0.05, 0) is 17.7 Å². The average Bonchev–Trinajstić information content (AvgIpc) is 2.99. The third-order valence-corrected chi connectivity index (χ3v) is 4.01. The number of hydrogen-bond acceptors (Lipinski definition) is 7. The summed E-state index contributed by atoms with van der Waals surface area (Å²) in [5.41, 5.74) is 14.1. The van der Waals surface area contributed by atoms with Gasteiger partial charge >= 0.3 is 5.97 Å². The van der Waals surface area contributed by atoms with Gasteiger partial charge < -0.3 is 25.8 Å². The summed E-state index contributed by atoms with van der Waals surface area (Å²) >= 11 is 0. The second-order valence-electron chi connectivity index (χ2n) is 5.46. The van der Waals surface area contributed by atoms with E-state index in [1.165, 1.54) is 11.8 Å². The van der Waals surface area contributed by atoms with Gasteiger partial charge in [0.1, 0.15) is 5.69 Å². The zero-order valence-electron chi connectivity index (χ0n) is 13.6. The van der Waals surface area contributed by atoms with Crippen molar-refractivity contribution in [1.82, 2.24) is 9.78 Å². The Balaban J connectivity index is 2.07. The molecule has 1 aliphatic rings. The van der Waals surface area contributed by atoms with E-state index in [9.17, 15) is 4.79 Å². The maximum absolute atomic E-state index is 12.2. The van der Waals surface area contributed by atoms with E-state index in [0.717, 1.165) is 11.3 Å². The largest absolute Gasteiger partial charge is 0.464 e. The number of ether oxygens (including phenoxy) is 2. The number of benzene rings is 1. The molecule has 0 saturated carbocycles. The monoisotopic (exact) mass is 331 g/mol. The Hall–Kier alpha value is -2.58. The molecular weight excluding hydrogens is 310 g/mol. The fraction of sp³-hybridized carbons (Fsp3) is 0.375. The van der Waals surface area contributed by atoms with Gasteiger partial charge in [-0.3, -0.25) is 0 Å². The molecule has 2 aromatic rings. The summed E-state index contributed by atoms with van der Waals surface area (Å²) in [5.74, 6) is 0.0454. The van der Waals surface area contributed by atoms with Crippen molar-refractivity contribution in [2.24, 2.45) is 5.73 Å². The van der Waals surface area contributed by atoms with Gasteiger partial charge in [-0.15, -0.1) is 5.10 Å². The van der Waals surface area contributed by atoms with Crippen LogP contribution in [0.25, 0.3) is 5.69 Å². The molecule has 128 valence electrons. The van der Waals surface area contributed by atoms with Crippen molar-refractivity contribution in [2.75, 3.05) is 44.0 Å². The molecule has 1 aliphatic heterocycles. The van der Waals surface area contributed by atoms with Gasteiger partial charge in [0.25, 0.3) is 0 Å². The lowest BCUT2D eigenvalue weighted by Crippen LogP contribution is -2.36. The van der Waals surface area contributed by atoms with Gasteiger partial charge in [0.15, 0.2) is 11.5 Å². The summed E-state index contributed by atoms with van der Waals surface area (Å²) in [6, 6.07) is 7.49. The number of carbonyl (C=O) groups is 1. The summed E-state index contributed by atoms with van der Waals surface area (Å²) < 4.78 is 11.8. The van der Waals surface area contributed by atoms with E-state index in [4.69, 9.17) is 20.9 Å². The van der Waals surface area contributed by atoms with Crippen LogP contribution in [0.2, 0.25) is 0 Å². The third kappa shape index (κ3) is 2.93. The van der Waals surface area contributed by atoms with Crippen LogP contribution >= 0.6 is 0 Å². The standard InChI is InChI=1S/C16H21N5O3/c1-23-16(22)14-13(18)15(20-6-8-24-9-7-20)19-21(14)12-4-2-11(10-17)3-5-12/h2-5H,6-10,17-18H2,1H3. The fourth-order valence-electron chi connectivity index (χ4n) is 2.68. The van der Waals surface area contributed by atoms with Gasteiger partial charge in [-0.1, -0.05) is 12.1 Å². The van der Waals surface area contributed by atoms with Crippen molar-refractivity contribution >= 4 is 17.5 Å². The van der Waals surface area contributed by atoms with E-state index in [0.29, 0.717) is 44.4 Å². The molecule has 8 nitrogen and oxygen atoms in total. The van der Waals surface area contributed by atoms with E-state index in [1.54, 1.807) is 0 Å². The zero-order valence-corrected chi connectivity index (χ0v) is 13.6. The summed E-state index contributed by atoms with van der Waals surface area (Å²) in [6.07, 6.45) is 0. The lowest BCUT2D eigenvalue weighted by molar-refractivity contribution is 0.0591. The summed E-state index contributed by atoms with van der Waals surface area (Å²) in [7, 11) is 1.32. The van der Waals surface area contributed by atoms with Gasteiger partial charge in [0, 0.05) is 19.6 Å². The number of carbonyl (C=O) groups excluding carboxylic acids is 1. The molecule has 24 heavy (non-hydrogen) atoms. The van der Waals surface area contributed by atoms with Crippen molar-refractivity contribution in [3.05, 3.63) is 35.5 Å². The van der Waals surface area contributed by atoms with Crippen LogP contribution in [0.5, 0.6) is 0 Å². The molecule has 1 fully saturated rings. The minimum absolute atomic E-state index is 0.222. The molecule has 8 heteroatoms. The Morgan fingerprint density at radius 2 is 1.96 bits per heavy atom. The first-order chi connectivity index (χ1) is 11.7. The molecule has 0 bridgehead atoms. The molecule has 0 radical (unpaired) electrons. The highest BCUT2D eigenvalue weighted by molar-refractivity contribution is 5.97. The molecule has 0 amide bonds. The van der Waals surface area contributed by atoms with Crippen LogP contribution in [0, 0.1) is 0 Å². The maximum atomic E-state index is 12.2. The molecular formula is C16H21N5O3. The number of morpholine rings is 1. The van der Waals surface area contributed by atoms with Crippen LogP contribution in [0.15, 0.2) is 24.3 Å². The van der Waals surface area contributed by atoms with E-state index < -0.39 is 5.97 Å². The van der Waals surface area contributed by atoms with Crippen LogP contribution < -0.4 is 16.4 Å². The quantitative estimate of drug-likeness (QED) is 0.787. The van der Waals surface area contributed by atoms with Crippen molar-refractivity contribution in [2.45, 2.75) is 6.54 Å². The van der Waals surface area contributed by atoms with Gasteiger partial charge in [-0.2, -0.15) is 0 Å². The second-order valence-corrected chi connectivity index (χ2v) is 5.46. The summed E-state index contributed by atoms with van der Waals surface area (Å²) in [4.78, 5) is 14.2. The van der Waals surface area contributed by atoms with Crippen LogP contribution in [-0.2, 0) is 16.0 Å². The Kier molecular flexibility index (Phi) is 4.68. The number of esters is 1.